The van der Waals surface area contributed by atoms with Crippen LogP contribution in [0.15, 0.2) is 46.9 Å². The number of hydrogen-bond acceptors (Lipinski definition) is 3. The van der Waals surface area contributed by atoms with E-state index in [1.54, 1.807) is 14.2 Å². The second-order valence-corrected chi connectivity index (χ2v) is 5.12. The summed E-state index contributed by atoms with van der Waals surface area (Å²) < 4.78 is 11.4. The summed E-state index contributed by atoms with van der Waals surface area (Å²) in [6.07, 6.45) is 1.82. The molecule has 2 rings (SSSR count). The van der Waals surface area contributed by atoms with E-state index in [2.05, 4.69) is 22.0 Å². The Balaban J connectivity index is 2.51. The van der Waals surface area contributed by atoms with Crippen LogP contribution >= 0.6 is 15.9 Å². The van der Waals surface area contributed by atoms with Crippen LogP contribution in [0.1, 0.15) is 11.1 Å². The molecular weight excluding hydrogens is 330 g/mol. The monoisotopic (exact) mass is 343 g/mol. The fourth-order valence-corrected chi connectivity index (χ4v) is 2.37. The molecule has 2 aromatic carbocycles. The molecule has 0 saturated carbocycles. The molecule has 0 aliphatic carbocycles. The number of nitriles is 1. The lowest BCUT2D eigenvalue weighted by atomic mass is 10.0. The van der Waals surface area contributed by atoms with Gasteiger partial charge in [0.15, 0.2) is 11.5 Å². The lowest BCUT2D eigenvalue weighted by Crippen LogP contribution is -1.92. The molecule has 0 aliphatic rings. The SMILES string of the molecule is COc1cc(Br)c(/C=C(\C#N)c2ccccc2)cc1OC. The Morgan fingerprint density at radius 2 is 1.71 bits per heavy atom. The average Bonchev–Trinajstić information content (AvgIpc) is 2.54. The zero-order chi connectivity index (χ0) is 15.2. The van der Waals surface area contributed by atoms with E-state index < -0.39 is 0 Å². The van der Waals surface area contributed by atoms with Gasteiger partial charge in [0.2, 0.25) is 0 Å². The summed E-state index contributed by atoms with van der Waals surface area (Å²) in [5.41, 5.74) is 2.32. The van der Waals surface area contributed by atoms with E-state index >= 15 is 0 Å². The van der Waals surface area contributed by atoms with Crippen LogP contribution in [-0.2, 0) is 0 Å². The van der Waals surface area contributed by atoms with Crippen LogP contribution in [0.3, 0.4) is 0 Å². The van der Waals surface area contributed by atoms with Gasteiger partial charge in [-0.2, -0.15) is 5.26 Å². The van der Waals surface area contributed by atoms with Gasteiger partial charge >= 0.3 is 0 Å². The molecule has 0 amide bonds. The Morgan fingerprint density at radius 3 is 2.29 bits per heavy atom. The van der Waals surface area contributed by atoms with Crippen molar-refractivity contribution in [3.05, 3.63) is 58.1 Å². The molecule has 0 bridgehead atoms. The van der Waals surface area contributed by atoms with Gasteiger partial charge in [0.1, 0.15) is 0 Å². The van der Waals surface area contributed by atoms with Crippen molar-refractivity contribution in [3.63, 3.8) is 0 Å². The van der Waals surface area contributed by atoms with Gasteiger partial charge in [0.25, 0.3) is 0 Å². The minimum Gasteiger partial charge on any atom is -0.493 e. The maximum atomic E-state index is 9.37. The molecule has 2 aromatic rings. The first kappa shape index (κ1) is 15.1. The Kier molecular flexibility index (Phi) is 5.02. The van der Waals surface area contributed by atoms with E-state index in [1.165, 1.54) is 0 Å². The Labute approximate surface area is 132 Å². The predicted molar refractivity (Wildman–Crippen MR) is 87.2 cm³/mol. The number of methoxy groups -OCH3 is 2. The van der Waals surface area contributed by atoms with E-state index in [1.807, 2.05) is 48.5 Å². The van der Waals surface area contributed by atoms with Crippen LogP contribution in [0.4, 0.5) is 0 Å². The Morgan fingerprint density at radius 1 is 1.10 bits per heavy atom. The van der Waals surface area contributed by atoms with Crippen molar-refractivity contribution in [2.75, 3.05) is 14.2 Å². The maximum Gasteiger partial charge on any atom is 0.161 e. The average molecular weight is 344 g/mol. The third-order valence-electron chi connectivity index (χ3n) is 3.01. The fraction of sp³-hybridized carbons (Fsp3) is 0.118. The summed E-state index contributed by atoms with van der Waals surface area (Å²) in [4.78, 5) is 0. The van der Waals surface area contributed by atoms with Crippen LogP contribution in [0.5, 0.6) is 11.5 Å². The molecule has 0 aliphatic heterocycles. The molecule has 3 nitrogen and oxygen atoms in total. The molecule has 0 aromatic heterocycles. The van der Waals surface area contributed by atoms with Gasteiger partial charge in [-0.3, -0.25) is 0 Å². The number of ether oxygens (including phenoxy) is 2. The summed E-state index contributed by atoms with van der Waals surface area (Å²) in [7, 11) is 3.17. The van der Waals surface area contributed by atoms with E-state index in [0.29, 0.717) is 17.1 Å². The highest BCUT2D eigenvalue weighted by atomic mass is 79.9. The first-order valence-corrected chi connectivity index (χ1v) is 7.07. The number of rotatable bonds is 4. The fourth-order valence-electron chi connectivity index (χ4n) is 1.93. The van der Waals surface area contributed by atoms with E-state index in [9.17, 15) is 5.26 Å². The normalized spacial score (nSPS) is 10.9. The zero-order valence-electron chi connectivity index (χ0n) is 11.8. The molecule has 0 unspecified atom stereocenters. The van der Waals surface area contributed by atoms with Crippen molar-refractivity contribution in [1.29, 1.82) is 5.26 Å². The molecular formula is C17H14BrNO2. The summed E-state index contributed by atoms with van der Waals surface area (Å²) in [5, 5.41) is 9.37. The van der Waals surface area contributed by atoms with Crippen LogP contribution in [-0.4, -0.2) is 14.2 Å². The standard InChI is InChI=1S/C17H14BrNO2/c1-20-16-9-13(15(18)10-17(16)21-2)8-14(11-19)12-6-4-3-5-7-12/h3-10H,1-2H3/b14-8+. The molecule has 0 heterocycles. The highest BCUT2D eigenvalue weighted by Gasteiger charge is 2.09. The molecule has 0 spiro atoms. The van der Waals surface area contributed by atoms with Crippen LogP contribution in [0, 0.1) is 11.3 Å². The molecule has 0 N–H and O–H groups in total. The van der Waals surface area contributed by atoms with Gasteiger partial charge in [-0.15, -0.1) is 0 Å². The maximum absolute atomic E-state index is 9.37. The molecule has 106 valence electrons. The van der Waals surface area contributed by atoms with Crippen molar-refractivity contribution in [2.24, 2.45) is 0 Å². The molecule has 0 fully saturated rings. The number of nitrogens with zero attached hydrogens (tertiary/aromatic N) is 1. The number of halogens is 1. The summed E-state index contributed by atoms with van der Waals surface area (Å²) in [6, 6.07) is 15.4. The number of benzene rings is 2. The van der Waals surface area contributed by atoms with Gasteiger partial charge in [-0.05, 0) is 29.3 Å². The Bertz CT molecular complexity index is 703. The van der Waals surface area contributed by atoms with Gasteiger partial charge in [0, 0.05) is 4.47 Å². The highest BCUT2D eigenvalue weighted by Crippen LogP contribution is 2.35. The molecule has 0 radical (unpaired) electrons. The third-order valence-corrected chi connectivity index (χ3v) is 3.69. The van der Waals surface area contributed by atoms with Crippen molar-refractivity contribution in [3.8, 4) is 17.6 Å². The lowest BCUT2D eigenvalue weighted by molar-refractivity contribution is 0.354. The van der Waals surface area contributed by atoms with Crippen LogP contribution < -0.4 is 9.47 Å². The smallest absolute Gasteiger partial charge is 0.161 e. The summed E-state index contributed by atoms with van der Waals surface area (Å²) >= 11 is 3.49. The van der Waals surface area contributed by atoms with Crippen molar-refractivity contribution in [2.45, 2.75) is 0 Å². The topological polar surface area (TPSA) is 42.2 Å². The van der Waals surface area contributed by atoms with E-state index in [-0.39, 0.29) is 0 Å². The van der Waals surface area contributed by atoms with Crippen LogP contribution in [0.25, 0.3) is 11.6 Å². The van der Waals surface area contributed by atoms with Gasteiger partial charge in [-0.1, -0.05) is 46.3 Å². The van der Waals surface area contributed by atoms with Gasteiger partial charge in [-0.25, -0.2) is 0 Å². The molecule has 0 saturated heterocycles. The third kappa shape index (κ3) is 3.45. The van der Waals surface area contributed by atoms with Crippen LogP contribution in [0.2, 0.25) is 0 Å². The minimum atomic E-state index is 0.587. The number of allylic oxidation sites excluding steroid dienone is 1. The first-order valence-electron chi connectivity index (χ1n) is 6.28. The van der Waals surface area contributed by atoms with Crippen molar-refractivity contribution >= 4 is 27.6 Å². The second kappa shape index (κ2) is 6.96. The second-order valence-electron chi connectivity index (χ2n) is 4.26. The molecule has 0 atom stereocenters. The quantitative estimate of drug-likeness (QED) is 0.604. The zero-order valence-corrected chi connectivity index (χ0v) is 13.3. The van der Waals surface area contributed by atoms with Crippen molar-refractivity contribution in [1.82, 2.24) is 0 Å². The minimum absolute atomic E-state index is 0.587. The highest BCUT2D eigenvalue weighted by molar-refractivity contribution is 9.10. The van der Waals surface area contributed by atoms with Gasteiger partial charge < -0.3 is 9.47 Å². The summed E-state index contributed by atoms with van der Waals surface area (Å²) in [5.74, 6) is 1.26. The van der Waals surface area contributed by atoms with E-state index in [4.69, 9.17) is 9.47 Å². The van der Waals surface area contributed by atoms with Gasteiger partial charge in [0.05, 0.1) is 25.9 Å². The lowest BCUT2D eigenvalue weighted by Gasteiger charge is -2.10. The summed E-state index contributed by atoms with van der Waals surface area (Å²) in [6.45, 7) is 0. The van der Waals surface area contributed by atoms with E-state index in [0.717, 1.165) is 15.6 Å². The molecule has 4 heteroatoms. The first-order chi connectivity index (χ1) is 10.2. The largest absolute Gasteiger partial charge is 0.493 e. The predicted octanol–water partition coefficient (Wildman–Crippen LogP) is 4.53. The Hall–Kier alpha value is -2.25. The molecule has 21 heavy (non-hydrogen) atoms. The number of hydrogen-bond donors (Lipinski definition) is 0. The van der Waals surface area contributed by atoms with Crippen molar-refractivity contribution < 1.29 is 9.47 Å².